The summed E-state index contributed by atoms with van der Waals surface area (Å²) in [6.07, 6.45) is -1.62. The van der Waals surface area contributed by atoms with Crippen LogP contribution in [0, 0.1) is 0 Å². The van der Waals surface area contributed by atoms with Gasteiger partial charge in [0.1, 0.15) is 0 Å². The van der Waals surface area contributed by atoms with Crippen LogP contribution in [-0.4, -0.2) is 6.04 Å². The van der Waals surface area contributed by atoms with E-state index in [4.69, 9.17) is 0 Å². The van der Waals surface area contributed by atoms with Crippen LogP contribution in [0.5, 0.6) is 0 Å². The van der Waals surface area contributed by atoms with E-state index in [-0.39, 0.29) is 6.04 Å². The van der Waals surface area contributed by atoms with Crippen molar-refractivity contribution >= 4 is 0 Å². The second-order valence-electron chi connectivity index (χ2n) is 4.00. The third kappa shape index (κ3) is 4.61. The predicted octanol–water partition coefficient (Wildman–Crippen LogP) is 3.76. The molecule has 1 nitrogen and oxygen atoms in total. The molecule has 1 atom stereocenters. The smallest absolute Gasteiger partial charge is 0.310 e. The number of alkyl halides is 3. The van der Waals surface area contributed by atoms with Crippen LogP contribution < -0.4 is 5.32 Å². The van der Waals surface area contributed by atoms with Crippen molar-refractivity contribution in [1.29, 1.82) is 0 Å². The maximum atomic E-state index is 12.3. The Morgan fingerprint density at radius 1 is 1.29 bits per heavy atom. The standard InChI is InChI=1S/C13H16F3N/c1-3-4-10(2)17-9-11-5-7-12(8-6-11)13(14,15)16/h3,5-8,10,17H,1,4,9H2,2H3. The van der Waals surface area contributed by atoms with E-state index in [1.165, 1.54) is 12.1 Å². The zero-order valence-electron chi connectivity index (χ0n) is 9.72. The third-order valence-electron chi connectivity index (χ3n) is 2.46. The lowest BCUT2D eigenvalue weighted by Gasteiger charge is -2.12. The van der Waals surface area contributed by atoms with Gasteiger partial charge in [-0.15, -0.1) is 6.58 Å². The lowest BCUT2D eigenvalue weighted by molar-refractivity contribution is -0.137. The molecule has 94 valence electrons. The van der Waals surface area contributed by atoms with E-state index in [1.807, 2.05) is 13.0 Å². The Bertz CT molecular complexity index is 354. The maximum absolute atomic E-state index is 12.3. The molecule has 0 aromatic heterocycles. The molecule has 0 spiro atoms. The first-order valence-electron chi connectivity index (χ1n) is 5.44. The minimum absolute atomic E-state index is 0.273. The van der Waals surface area contributed by atoms with Crippen LogP contribution in [0.15, 0.2) is 36.9 Å². The molecule has 0 amide bonds. The Morgan fingerprint density at radius 2 is 1.88 bits per heavy atom. The Balaban J connectivity index is 2.54. The molecular formula is C13H16F3N. The second kappa shape index (κ2) is 5.87. The van der Waals surface area contributed by atoms with Gasteiger partial charge in [0.2, 0.25) is 0 Å². The van der Waals surface area contributed by atoms with Crippen molar-refractivity contribution in [3.05, 3.63) is 48.0 Å². The molecule has 0 saturated carbocycles. The molecule has 17 heavy (non-hydrogen) atoms. The van der Waals surface area contributed by atoms with Crippen LogP contribution >= 0.6 is 0 Å². The van der Waals surface area contributed by atoms with Gasteiger partial charge < -0.3 is 5.32 Å². The highest BCUT2D eigenvalue weighted by Gasteiger charge is 2.29. The van der Waals surface area contributed by atoms with E-state index in [2.05, 4.69) is 11.9 Å². The molecular weight excluding hydrogens is 227 g/mol. The normalized spacial score (nSPS) is 13.4. The molecule has 1 aromatic carbocycles. The summed E-state index contributed by atoms with van der Waals surface area (Å²) in [4.78, 5) is 0. The molecule has 0 aliphatic carbocycles. The summed E-state index contributed by atoms with van der Waals surface area (Å²) in [6, 6.07) is 5.48. The van der Waals surface area contributed by atoms with E-state index >= 15 is 0 Å². The van der Waals surface area contributed by atoms with Gasteiger partial charge in [0.25, 0.3) is 0 Å². The molecule has 0 aliphatic heterocycles. The van der Waals surface area contributed by atoms with Crippen LogP contribution in [-0.2, 0) is 12.7 Å². The third-order valence-corrected chi connectivity index (χ3v) is 2.46. The minimum atomic E-state index is -4.26. The number of hydrogen-bond acceptors (Lipinski definition) is 1. The Hall–Kier alpha value is -1.29. The Morgan fingerprint density at radius 3 is 2.35 bits per heavy atom. The quantitative estimate of drug-likeness (QED) is 0.776. The van der Waals surface area contributed by atoms with E-state index in [0.29, 0.717) is 6.54 Å². The molecule has 1 unspecified atom stereocenters. The van der Waals surface area contributed by atoms with Crippen molar-refractivity contribution in [3.63, 3.8) is 0 Å². The largest absolute Gasteiger partial charge is 0.416 e. The van der Waals surface area contributed by atoms with Crippen LogP contribution in [0.3, 0.4) is 0 Å². The summed E-state index contributed by atoms with van der Waals surface area (Å²) in [5.41, 5.74) is 0.231. The maximum Gasteiger partial charge on any atom is 0.416 e. The Kier molecular flexibility index (Phi) is 4.75. The molecule has 0 heterocycles. The zero-order valence-corrected chi connectivity index (χ0v) is 9.72. The van der Waals surface area contributed by atoms with Gasteiger partial charge >= 0.3 is 6.18 Å². The zero-order chi connectivity index (χ0) is 12.9. The highest BCUT2D eigenvalue weighted by atomic mass is 19.4. The lowest BCUT2D eigenvalue weighted by atomic mass is 10.1. The first-order chi connectivity index (χ1) is 7.93. The number of hydrogen-bond donors (Lipinski definition) is 1. The molecule has 0 bridgehead atoms. The van der Waals surface area contributed by atoms with Crippen LogP contribution in [0.4, 0.5) is 13.2 Å². The van der Waals surface area contributed by atoms with Gasteiger partial charge in [-0.3, -0.25) is 0 Å². The minimum Gasteiger partial charge on any atom is -0.310 e. The molecule has 0 radical (unpaired) electrons. The van der Waals surface area contributed by atoms with Gasteiger partial charge in [0.05, 0.1) is 5.56 Å². The van der Waals surface area contributed by atoms with Crippen molar-refractivity contribution in [2.75, 3.05) is 0 Å². The second-order valence-corrected chi connectivity index (χ2v) is 4.00. The summed E-state index contributed by atoms with van der Waals surface area (Å²) in [5, 5.41) is 3.21. The van der Waals surface area contributed by atoms with Crippen molar-refractivity contribution in [2.45, 2.75) is 32.1 Å². The SMILES string of the molecule is C=CCC(C)NCc1ccc(C(F)(F)F)cc1. The van der Waals surface area contributed by atoms with Gasteiger partial charge in [-0.1, -0.05) is 18.2 Å². The summed E-state index contributed by atoms with van der Waals surface area (Å²) >= 11 is 0. The fraction of sp³-hybridized carbons (Fsp3) is 0.385. The van der Waals surface area contributed by atoms with E-state index in [0.717, 1.165) is 24.1 Å². The summed E-state index contributed by atoms with van der Waals surface area (Å²) in [6.45, 7) is 6.20. The first kappa shape index (κ1) is 13.8. The fourth-order valence-corrected chi connectivity index (χ4v) is 1.44. The first-order valence-corrected chi connectivity index (χ1v) is 5.44. The molecule has 4 heteroatoms. The van der Waals surface area contributed by atoms with Gasteiger partial charge in [0.15, 0.2) is 0 Å². The van der Waals surface area contributed by atoms with Crippen LogP contribution in [0.2, 0.25) is 0 Å². The van der Waals surface area contributed by atoms with Crippen molar-refractivity contribution in [3.8, 4) is 0 Å². The average molecular weight is 243 g/mol. The number of benzene rings is 1. The monoisotopic (exact) mass is 243 g/mol. The van der Waals surface area contributed by atoms with E-state index in [9.17, 15) is 13.2 Å². The molecule has 1 N–H and O–H groups in total. The summed E-state index contributed by atoms with van der Waals surface area (Å²) in [7, 11) is 0. The van der Waals surface area contributed by atoms with Gasteiger partial charge in [-0.05, 0) is 31.0 Å². The summed E-state index contributed by atoms with van der Waals surface area (Å²) < 4.78 is 36.9. The highest BCUT2D eigenvalue weighted by molar-refractivity contribution is 5.24. The van der Waals surface area contributed by atoms with Crippen LogP contribution in [0.25, 0.3) is 0 Å². The average Bonchev–Trinajstić information content (AvgIpc) is 2.26. The molecule has 0 saturated heterocycles. The van der Waals surface area contributed by atoms with Crippen LogP contribution in [0.1, 0.15) is 24.5 Å². The van der Waals surface area contributed by atoms with Gasteiger partial charge in [-0.2, -0.15) is 13.2 Å². The van der Waals surface area contributed by atoms with Crippen molar-refractivity contribution < 1.29 is 13.2 Å². The molecule has 0 fully saturated rings. The Labute approximate surface area is 99.3 Å². The van der Waals surface area contributed by atoms with E-state index in [1.54, 1.807) is 0 Å². The number of halogens is 3. The highest BCUT2D eigenvalue weighted by Crippen LogP contribution is 2.29. The number of rotatable bonds is 5. The molecule has 1 rings (SSSR count). The van der Waals surface area contributed by atoms with Crippen molar-refractivity contribution in [1.82, 2.24) is 5.32 Å². The fourth-order valence-electron chi connectivity index (χ4n) is 1.44. The van der Waals surface area contributed by atoms with E-state index < -0.39 is 11.7 Å². The molecule has 1 aromatic rings. The molecule has 0 aliphatic rings. The number of nitrogens with one attached hydrogen (secondary N) is 1. The summed E-state index contributed by atoms with van der Waals surface area (Å²) in [5.74, 6) is 0. The van der Waals surface area contributed by atoms with Gasteiger partial charge in [-0.25, -0.2) is 0 Å². The van der Waals surface area contributed by atoms with Gasteiger partial charge in [0, 0.05) is 12.6 Å². The topological polar surface area (TPSA) is 12.0 Å². The van der Waals surface area contributed by atoms with Crippen molar-refractivity contribution in [2.24, 2.45) is 0 Å². The predicted molar refractivity (Wildman–Crippen MR) is 62.6 cm³/mol. The lowest BCUT2D eigenvalue weighted by Crippen LogP contribution is -2.24.